The van der Waals surface area contributed by atoms with Crippen molar-refractivity contribution >= 4 is 37.6 Å². The van der Waals surface area contributed by atoms with Gasteiger partial charge in [0.05, 0.1) is 37.6 Å². The summed E-state index contributed by atoms with van der Waals surface area (Å²) in [6, 6.07) is 12.6. The Kier molecular flexibility index (Phi) is 8.70. The number of fused-ring (bicyclic) bond motifs is 2. The van der Waals surface area contributed by atoms with Crippen LogP contribution in [0.5, 0.6) is 5.75 Å². The van der Waals surface area contributed by atoms with Crippen LogP contribution in [0.2, 0.25) is 18.6 Å². The zero-order valence-electron chi connectivity index (χ0n) is 27.2. The minimum Gasteiger partial charge on any atom is -0.497 e. The van der Waals surface area contributed by atoms with E-state index in [9.17, 15) is 19.5 Å². The van der Waals surface area contributed by atoms with Gasteiger partial charge >= 0.3 is 5.97 Å². The van der Waals surface area contributed by atoms with Crippen molar-refractivity contribution in [1.29, 1.82) is 0 Å². The number of halogens is 1. The molecule has 14 heteroatoms. The Labute approximate surface area is 273 Å². The maximum absolute atomic E-state index is 16.2. The average molecular weight is 666 g/mol. The van der Waals surface area contributed by atoms with Crippen molar-refractivity contribution in [2.24, 2.45) is 5.92 Å². The Bertz CT molecular complexity index is 1700. The molecule has 250 valence electrons. The number of nitrogens with zero attached hydrogens (tertiary/aromatic N) is 5. The number of hydrogen-bond acceptors (Lipinski definition) is 9. The van der Waals surface area contributed by atoms with Crippen LogP contribution < -0.4 is 14.5 Å². The molecule has 2 saturated heterocycles. The summed E-state index contributed by atoms with van der Waals surface area (Å²) >= 11 is 0. The van der Waals surface area contributed by atoms with Crippen molar-refractivity contribution in [2.45, 2.75) is 82.8 Å². The number of methoxy groups -OCH3 is 1. The van der Waals surface area contributed by atoms with Gasteiger partial charge in [-0.1, -0.05) is 24.3 Å². The lowest BCUT2D eigenvalue weighted by molar-refractivity contribution is -0.154. The minimum absolute atomic E-state index is 0.0366. The third-order valence-corrected chi connectivity index (χ3v) is 12.0. The van der Waals surface area contributed by atoms with Crippen molar-refractivity contribution in [2.75, 3.05) is 23.5 Å². The summed E-state index contributed by atoms with van der Waals surface area (Å²) in [5.41, 5.74) is 1.32. The largest absolute Gasteiger partial charge is 0.497 e. The molecule has 3 aliphatic rings. The van der Waals surface area contributed by atoms with E-state index < -0.39 is 43.8 Å². The quantitative estimate of drug-likeness (QED) is 0.140. The first kappa shape index (κ1) is 32.8. The first-order valence-electron chi connectivity index (χ1n) is 15.8. The van der Waals surface area contributed by atoms with Crippen molar-refractivity contribution < 1.29 is 37.8 Å². The molecule has 1 unspecified atom stereocenters. The highest BCUT2D eigenvalue weighted by Crippen LogP contribution is 2.60. The van der Waals surface area contributed by atoms with Crippen LogP contribution in [0.4, 0.5) is 15.5 Å². The van der Waals surface area contributed by atoms with E-state index in [1.807, 2.05) is 25.1 Å². The zero-order chi connectivity index (χ0) is 33.7. The number of benzene rings is 2. The zero-order valence-corrected chi connectivity index (χ0v) is 28.2. The number of aliphatic hydroxyl groups is 1. The second-order valence-corrected chi connectivity index (χ2v) is 16.8. The Morgan fingerprint density at radius 2 is 2.00 bits per heavy atom. The Balaban J connectivity index is 1.33. The molecule has 12 nitrogen and oxygen atoms in total. The van der Waals surface area contributed by atoms with Gasteiger partial charge in [0.2, 0.25) is 14.3 Å². The van der Waals surface area contributed by atoms with Crippen LogP contribution in [0.1, 0.15) is 43.5 Å². The van der Waals surface area contributed by atoms with Gasteiger partial charge in [-0.2, -0.15) is 0 Å². The first-order chi connectivity index (χ1) is 22.4. The van der Waals surface area contributed by atoms with Crippen molar-refractivity contribution in [1.82, 2.24) is 15.0 Å². The number of carbonyl (C=O) groups excluding carboxylic acids is 3. The van der Waals surface area contributed by atoms with Gasteiger partial charge in [0, 0.05) is 55.4 Å². The van der Waals surface area contributed by atoms with Gasteiger partial charge in [-0.15, -0.1) is 5.10 Å². The smallest absolute Gasteiger partial charge is 0.304 e. The fraction of sp³-hybridized carbons (Fsp3) is 0.485. The molecule has 1 aromatic heterocycles. The molecule has 5 atom stereocenters. The SMILES string of the molecule is COc1ccc2c(c1)[C@]1(O[C@@H](CCn3cc(CCO)nn3)[C@H]([Si](C)(C)F)[C@H]1C)C(=O)N2Cc1cccc(N2C(=O)CC2OC(C)=O)c1. The molecule has 0 radical (unpaired) electrons. The fourth-order valence-electron chi connectivity index (χ4n) is 7.49. The van der Waals surface area contributed by atoms with Crippen LogP contribution in [0.15, 0.2) is 48.7 Å². The topological polar surface area (TPSA) is 136 Å². The summed E-state index contributed by atoms with van der Waals surface area (Å²) in [6.07, 6.45) is 1.44. The molecule has 3 aromatic rings. The maximum atomic E-state index is 16.2. The standard InChI is InChI=1S/C33H40FN5O7Si/c1-20-31(47(4,5)34)28(11-13-37-19-23(12-14-40)35-36-37)46-33(20)26-16-25(44-3)9-10-27(26)38(32(33)43)18-22-7-6-8-24(15-22)39-29(42)17-30(39)45-21(2)41/h6-10,15-16,19-20,28,30-31,40H,11-14,17-18H2,1-5H3/t20-,28+,30?,31-,33+/m1/s1. The Morgan fingerprint density at radius 3 is 2.68 bits per heavy atom. The average Bonchev–Trinajstić information content (AvgIpc) is 3.65. The van der Waals surface area contributed by atoms with E-state index >= 15 is 4.11 Å². The van der Waals surface area contributed by atoms with Gasteiger partial charge in [-0.3, -0.25) is 24.0 Å². The number of carbonyl (C=O) groups is 3. The number of aromatic nitrogens is 3. The molecular weight excluding hydrogens is 625 g/mol. The minimum atomic E-state index is -3.38. The number of anilines is 2. The molecule has 0 bridgehead atoms. The number of ether oxygens (including phenoxy) is 3. The van der Waals surface area contributed by atoms with Gasteiger partial charge in [0.25, 0.3) is 5.91 Å². The molecule has 0 aliphatic carbocycles. The molecule has 1 N–H and O–H groups in total. The van der Waals surface area contributed by atoms with E-state index in [2.05, 4.69) is 10.3 Å². The predicted octanol–water partition coefficient (Wildman–Crippen LogP) is 3.86. The first-order valence-corrected chi connectivity index (χ1v) is 18.8. The molecule has 3 aliphatic heterocycles. The van der Waals surface area contributed by atoms with E-state index in [0.717, 1.165) is 5.56 Å². The molecule has 47 heavy (non-hydrogen) atoms. The van der Waals surface area contributed by atoms with Crippen molar-refractivity contribution in [3.8, 4) is 5.75 Å². The number of aliphatic hydroxyl groups excluding tert-OH is 1. The van der Waals surface area contributed by atoms with E-state index in [0.29, 0.717) is 47.8 Å². The highest BCUT2D eigenvalue weighted by atomic mass is 28.4. The molecule has 0 saturated carbocycles. The lowest BCUT2D eigenvalue weighted by atomic mass is 9.82. The van der Waals surface area contributed by atoms with E-state index in [-0.39, 0.29) is 31.4 Å². The van der Waals surface area contributed by atoms with Gasteiger partial charge < -0.3 is 28.3 Å². The van der Waals surface area contributed by atoms with Crippen LogP contribution in [-0.2, 0) is 49.0 Å². The number of esters is 1. The van der Waals surface area contributed by atoms with Crippen LogP contribution in [0, 0.1) is 5.92 Å². The van der Waals surface area contributed by atoms with Crippen LogP contribution >= 0.6 is 0 Å². The molecular formula is C33H40FN5O7Si. The molecule has 2 amide bonds. The fourth-order valence-corrected chi connectivity index (χ4v) is 10.0. The molecule has 2 aromatic carbocycles. The van der Waals surface area contributed by atoms with E-state index in [1.165, 1.54) is 11.8 Å². The third-order valence-electron chi connectivity index (χ3n) is 9.50. The van der Waals surface area contributed by atoms with Gasteiger partial charge in [0.1, 0.15) is 5.75 Å². The maximum Gasteiger partial charge on any atom is 0.304 e. The second-order valence-electron chi connectivity index (χ2n) is 13.0. The summed E-state index contributed by atoms with van der Waals surface area (Å²) < 4.78 is 35.6. The summed E-state index contributed by atoms with van der Waals surface area (Å²) in [5.74, 6) is -0.857. The summed E-state index contributed by atoms with van der Waals surface area (Å²) in [7, 11) is -1.82. The van der Waals surface area contributed by atoms with Crippen LogP contribution in [-0.4, -0.2) is 72.3 Å². The highest BCUT2D eigenvalue weighted by Gasteiger charge is 2.66. The summed E-state index contributed by atoms with van der Waals surface area (Å²) in [4.78, 5) is 41.9. The van der Waals surface area contributed by atoms with Crippen LogP contribution in [0.25, 0.3) is 0 Å². The molecule has 4 heterocycles. The lowest BCUT2D eigenvalue weighted by Gasteiger charge is -2.39. The normalized spacial score (nSPS) is 25.3. The second kappa shape index (κ2) is 12.5. The number of aryl methyl sites for hydroxylation is 1. The molecule has 2 fully saturated rings. The molecule has 6 rings (SSSR count). The highest BCUT2D eigenvalue weighted by molar-refractivity contribution is 6.72. The predicted molar refractivity (Wildman–Crippen MR) is 172 cm³/mol. The monoisotopic (exact) mass is 665 g/mol. The van der Waals surface area contributed by atoms with Gasteiger partial charge in [-0.25, -0.2) is 0 Å². The number of rotatable bonds is 11. The summed E-state index contributed by atoms with van der Waals surface area (Å²) in [6.45, 7) is 7.07. The van der Waals surface area contributed by atoms with E-state index in [4.69, 9.17) is 14.2 Å². The molecule has 1 spiro atoms. The van der Waals surface area contributed by atoms with Gasteiger partial charge in [-0.05, 0) is 55.4 Å². The Hall–Kier alpha value is -4.14. The summed E-state index contributed by atoms with van der Waals surface area (Å²) in [5, 5.41) is 17.5. The lowest BCUT2D eigenvalue weighted by Crippen LogP contribution is -2.54. The Morgan fingerprint density at radius 1 is 1.21 bits per heavy atom. The van der Waals surface area contributed by atoms with Crippen LogP contribution in [0.3, 0.4) is 0 Å². The number of amides is 2. The van der Waals surface area contributed by atoms with Crippen molar-refractivity contribution in [3.05, 3.63) is 65.5 Å². The number of β-lactam (4-membered cyclic amide) rings is 1. The third kappa shape index (κ3) is 5.82. The van der Waals surface area contributed by atoms with Crippen molar-refractivity contribution in [3.63, 3.8) is 0 Å². The van der Waals surface area contributed by atoms with E-state index in [1.54, 1.807) is 60.2 Å². The van der Waals surface area contributed by atoms with Gasteiger partial charge in [0.15, 0.2) is 11.8 Å². The number of hydrogen-bond donors (Lipinski definition) is 1.